The molecule has 1 aliphatic rings. The smallest absolute Gasteiger partial charge is 0.328 e. The van der Waals surface area contributed by atoms with Crippen LogP contribution >= 0.6 is 0 Å². The predicted molar refractivity (Wildman–Crippen MR) is 108 cm³/mol. The number of ether oxygens (including phenoxy) is 2. The monoisotopic (exact) mass is 400 g/mol. The molecule has 29 heavy (non-hydrogen) atoms. The van der Waals surface area contributed by atoms with Crippen molar-refractivity contribution in [1.29, 1.82) is 0 Å². The van der Waals surface area contributed by atoms with Crippen LogP contribution in [0.3, 0.4) is 0 Å². The number of fused-ring (bicyclic) bond motifs is 1. The summed E-state index contributed by atoms with van der Waals surface area (Å²) in [7, 11) is 2.94. The molecule has 1 aromatic carbocycles. The number of imidazole rings is 1. The fraction of sp³-hybridized carbons (Fsp3) is 0.476. The van der Waals surface area contributed by atoms with E-state index in [1.165, 1.54) is 7.11 Å². The van der Waals surface area contributed by atoms with Gasteiger partial charge in [0.2, 0.25) is 0 Å². The van der Waals surface area contributed by atoms with Crippen LogP contribution in [-0.4, -0.2) is 53.7 Å². The Labute approximate surface area is 170 Å². The lowest BCUT2D eigenvalue weighted by Gasteiger charge is -2.36. The molecule has 0 bridgehead atoms. The number of H-pyrrole nitrogens is 1. The first-order chi connectivity index (χ1) is 14.0. The van der Waals surface area contributed by atoms with Crippen LogP contribution in [-0.2, 0) is 16.0 Å². The van der Waals surface area contributed by atoms with Crippen LogP contribution in [0.4, 0.5) is 4.79 Å². The van der Waals surface area contributed by atoms with Crippen molar-refractivity contribution in [3.63, 3.8) is 0 Å². The molecule has 2 aromatic rings. The van der Waals surface area contributed by atoms with Gasteiger partial charge in [-0.15, -0.1) is 0 Å². The number of aromatic amines is 1. The summed E-state index contributed by atoms with van der Waals surface area (Å²) >= 11 is 0. The second kappa shape index (κ2) is 8.98. The van der Waals surface area contributed by atoms with Crippen LogP contribution in [0.2, 0.25) is 0 Å². The van der Waals surface area contributed by atoms with Gasteiger partial charge in [0, 0.05) is 18.7 Å². The van der Waals surface area contributed by atoms with E-state index in [0.29, 0.717) is 18.7 Å². The number of nitrogens with zero attached hydrogens (tertiary/aromatic N) is 2. The van der Waals surface area contributed by atoms with Crippen molar-refractivity contribution in [3.8, 4) is 5.75 Å². The van der Waals surface area contributed by atoms with E-state index in [1.807, 2.05) is 38.1 Å². The topological polar surface area (TPSA) is 96.5 Å². The molecule has 3 atom stereocenters. The summed E-state index contributed by atoms with van der Waals surface area (Å²) in [6.07, 6.45) is 3.05. The maximum absolute atomic E-state index is 13.3. The molecule has 1 aliphatic heterocycles. The summed E-state index contributed by atoms with van der Waals surface area (Å²) in [5.74, 6) is 0.216. The molecule has 8 nitrogen and oxygen atoms in total. The first kappa shape index (κ1) is 20.7. The summed E-state index contributed by atoms with van der Waals surface area (Å²) in [5.41, 5.74) is 2.71. The quantitative estimate of drug-likeness (QED) is 0.727. The van der Waals surface area contributed by atoms with E-state index >= 15 is 0 Å². The van der Waals surface area contributed by atoms with Gasteiger partial charge in [0.1, 0.15) is 17.8 Å². The zero-order valence-electron chi connectivity index (χ0n) is 17.3. The predicted octanol–water partition coefficient (Wildman–Crippen LogP) is 2.66. The second-order valence-corrected chi connectivity index (χ2v) is 7.22. The van der Waals surface area contributed by atoms with Gasteiger partial charge in [0.15, 0.2) is 0 Å². The third-order valence-electron chi connectivity index (χ3n) is 5.54. The molecule has 0 spiro atoms. The first-order valence-electron chi connectivity index (χ1n) is 9.81. The summed E-state index contributed by atoms with van der Waals surface area (Å²) in [6.45, 7) is 4.39. The maximum atomic E-state index is 13.3. The average molecular weight is 400 g/mol. The third-order valence-corrected chi connectivity index (χ3v) is 5.54. The number of methoxy groups -OCH3 is 2. The highest BCUT2D eigenvalue weighted by atomic mass is 16.5. The number of esters is 1. The highest BCUT2D eigenvalue weighted by Gasteiger charge is 2.36. The molecule has 1 aromatic heterocycles. The molecule has 3 rings (SSSR count). The number of hydrogen-bond acceptors (Lipinski definition) is 5. The van der Waals surface area contributed by atoms with Gasteiger partial charge in [-0.2, -0.15) is 0 Å². The van der Waals surface area contributed by atoms with Gasteiger partial charge in [0.05, 0.1) is 26.2 Å². The lowest BCUT2D eigenvalue weighted by atomic mass is 9.95. The number of hydrogen-bond donors (Lipinski definition) is 2. The molecule has 2 heterocycles. The Kier molecular flexibility index (Phi) is 6.41. The molecule has 2 amide bonds. The van der Waals surface area contributed by atoms with Crippen molar-refractivity contribution in [2.24, 2.45) is 5.92 Å². The van der Waals surface area contributed by atoms with Crippen LogP contribution in [0.15, 0.2) is 30.6 Å². The molecule has 0 saturated heterocycles. The van der Waals surface area contributed by atoms with Crippen molar-refractivity contribution >= 4 is 12.0 Å². The van der Waals surface area contributed by atoms with E-state index in [2.05, 4.69) is 15.3 Å². The molecular weight excluding hydrogens is 372 g/mol. The lowest BCUT2D eigenvalue weighted by molar-refractivity contribution is -0.144. The van der Waals surface area contributed by atoms with Crippen molar-refractivity contribution in [2.45, 2.75) is 38.8 Å². The number of amides is 2. The fourth-order valence-corrected chi connectivity index (χ4v) is 3.66. The van der Waals surface area contributed by atoms with Crippen molar-refractivity contribution in [1.82, 2.24) is 20.2 Å². The molecule has 2 N–H and O–H groups in total. The van der Waals surface area contributed by atoms with Crippen LogP contribution in [0.1, 0.15) is 43.3 Å². The molecule has 0 unspecified atom stereocenters. The normalized spacial score (nSPS) is 17.8. The van der Waals surface area contributed by atoms with Crippen LogP contribution < -0.4 is 10.1 Å². The zero-order valence-corrected chi connectivity index (χ0v) is 17.3. The number of aromatic nitrogens is 2. The minimum Gasteiger partial charge on any atom is -0.497 e. The van der Waals surface area contributed by atoms with E-state index in [0.717, 1.165) is 23.4 Å². The van der Waals surface area contributed by atoms with Crippen molar-refractivity contribution in [3.05, 3.63) is 47.5 Å². The Balaban J connectivity index is 1.93. The molecule has 0 fully saturated rings. The lowest BCUT2D eigenvalue weighted by Crippen LogP contribution is -2.53. The van der Waals surface area contributed by atoms with Crippen molar-refractivity contribution < 1.29 is 19.1 Å². The number of carbonyl (C=O) groups is 2. The Bertz CT molecular complexity index is 866. The Hall–Kier alpha value is -3.03. The van der Waals surface area contributed by atoms with Crippen molar-refractivity contribution in [2.75, 3.05) is 20.8 Å². The average Bonchev–Trinajstić information content (AvgIpc) is 3.24. The van der Waals surface area contributed by atoms with Gasteiger partial charge in [0.25, 0.3) is 0 Å². The van der Waals surface area contributed by atoms with Crippen LogP contribution in [0.5, 0.6) is 5.75 Å². The van der Waals surface area contributed by atoms with Crippen LogP contribution in [0.25, 0.3) is 0 Å². The Morgan fingerprint density at radius 3 is 2.86 bits per heavy atom. The second-order valence-electron chi connectivity index (χ2n) is 7.22. The summed E-state index contributed by atoms with van der Waals surface area (Å²) in [5, 5.41) is 2.88. The zero-order chi connectivity index (χ0) is 21.0. The Morgan fingerprint density at radius 2 is 2.17 bits per heavy atom. The highest BCUT2D eigenvalue weighted by molar-refractivity contribution is 5.84. The molecule has 156 valence electrons. The number of urea groups is 1. The minimum absolute atomic E-state index is 0.0487. The maximum Gasteiger partial charge on any atom is 0.328 e. The molecule has 0 radical (unpaired) electrons. The third kappa shape index (κ3) is 4.21. The van der Waals surface area contributed by atoms with E-state index in [-0.39, 0.29) is 18.0 Å². The Morgan fingerprint density at radius 1 is 1.38 bits per heavy atom. The number of nitrogens with one attached hydrogen (secondary N) is 2. The van der Waals surface area contributed by atoms with E-state index in [9.17, 15) is 9.59 Å². The number of carbonyl (C=O) groups excluding carboxylic acids is 2. The molecule has 0 aliphatic carbocycles. The van der Waals surface area contributed by atoms with Gasteiger partial charge in [-0.05, 0) is 23.6 Å². The van der Waals surface area contributed by atoms with Crippen LogP contribution in [0, 0.1) is 5.92 Å². The van der Waals surface area contributed by atoms with Gasteiger partial charge in [-0.1, -0.05) is 32.4 Å². The van der Waals surface area contributed by atoms with E-state index in [1.54, 1.807) is 18.3 Å². The highest BCUT2D eigenvalue weighted by Crippen LogP contribution is 2.34. The largest absolute Gasteiger partial charge is 0.497 e. The van der Waals surface area contributed by atoms with Gasteiger partial charge >= 0.3 is 12.0 Å². The van der Waals surface area contributed by atoms with E-state index in [4.69, 9.17) is 9.47 Å². The summed E-state index contributed by atoms with van der Waals surface area (Å²) < 4.78 is 10.3. The van der Waals surface area contributed by atoms with Gasteiger partial charge in [-0.3, -0.25) is 0 Å². The SMILES string of the molecule is CC[C@@H](C)[C@@H](NC(=O)N1CCc2[nH]cnc2[C@@H]1c1cccc(OC)c1)C(=O)OC. The number of benzene rings is 1. The standard InChI is InChI=1S/C21H28N4O4/c1-5-13(2)17(20(26)29-4)24-21(27)25-10-9-16-18(23-12-22-16)19(25)14-7-6-8-15(11-14)28-3/h6-8,11-13,17,19H,5,9-10H2,1-4H3,(H,22,23)(H,24,27)/t13-,17-,19+/m1/s1. The first-order valence-corrected chi connectivity index (χ1v) is 9.81. The molecular formula is C21H28N4O4. The molecule has 8 heteroatoms. The fourth-order valence-electron chi connectivity index (χ4n) is 3.66. The summed E-state index contributed by atoms with van der Waals surface area (Å²) in [6, 6.07) is 6.20. The van der Waals surface area contributed by atoms with E-state index < -0.39 is 12.0 Å². The van der Waals surface area contributed by atoms with Gasteiger partial charge < -0.3 is 24.7 Å². The molecule has 0 saturated carbocycles. The summed E-state index contributed by atoms with van der Waals surface area (Å²) in [4.78, 5) is 34.8. The van der Waals surface area contributed by atoms with Gasteiger partial charge in [-0.25, -0.2) is 14.6 Å². The number of rotatable bonds is 6. The minimum atomic E-state index is -0.705.